The first kappa shape index (κ1) is 14.4. The topological polar surface area (TPSA) is 58.4 Å². The first-order chi connectivity index (χ1) is 10.0. The van der Waals surface area contributed by atoms with Gasteiger partial charge in [0.15, 0.2) is 0 Å². The van der Waals surface area contributed by atoms with Crippen LogP contribution >= 0.6 is 11.3 Å². The molecule has 21 heavy (non-hydrogen) atoms. The van der Waals surface area contributed by atoms with Crippen molar-refractivity contribution in [3.05, 3.63) is 28.6 Å². The molecule has 1 atom stereocenters. The Bertz CT molecular complexity index is 679. The number of fused-ring (bicyclic) bond motifs is 1. The molecule has 1 aliphatic heterocycles. The zero-order chi connectivity index (χ0) is 15.0. The van der Waals surface area contributed by atoms with E-state index < -0.39 is 0 Å². The second-order valence-electron chi connectivity index (χ2n) is 5.97. The zero-order valence-corrected chi connectivity index (χ0v) is 13.3. The molecule has 112 valence electrons. The largest absolute Gasteiger partial charge is 0.397 e. The van der Waals surface area contributed by atoms with E-state index in [2.05, 4.69) is 17.3 Å². The third-order valence-corrected chi connectivity index (χ3v) is 5.31. The van der Waals surface area contributed by atoms with E-state index in [9.17, 15) is 4.79 Å². The molecule has 2 heterocycles. The number of likely N-dealkylation sites (tertiary alicyclic amines) is 1. The summed E-state index contributed by atoms with van der Waals surface area (Å²) in [6, 6.07) is 6.13. The summed E-state index contributed by atoms with van der Waals surface area (Å²) < 4.78 is 1.07. The molecule has 1 aromatic carbocycles. The van der Waals surface area contributed by atoms with Crippen LogP contribution in [-0.2, 0) is 0 Å². The number of thiophene rings is 1. The molecular formula is C16H21N3OS. The number of hydrogen-bond donors (Lipinski definition) is 2. The van der Waals surface area contributed by atoms with Crippen LogP contribution in [0.1, 0.15) is 21.7 Å². The third kappa shape index (κ3) is 2.89. The molecule has 1 saturated heterocycles. The number of aryl methyl sites for hydroxylation is 1. The molecule has 1 aromatic heterocycles. The molecule has 0 radical (unpaired) electrons. The van der Waals surface area contributed by atoms with Gasteiger partial charge in [-0.15, -0.1) is 11.3 Å². The highest BCUT2D eigenvalue weighted by molar-refractivity contribution is 7.21. The monoisotopic (exact) mass is 303 g/mol. The summed E-state index contributed by atoms with van der Waals surface area (Å²) in [5, 5.41) is 4.03. The first-order valence-corrected chi connectivity index (χ1v) is 8.11. The average molecular weight is 303 g/mol. The maximum Gasteiger partial charge on any atom is 0.263 e. The van der Waals surface area contributed by atoms with Crippen molar-refractivity contribution in [2.75, 3.05) is 32.4 Å². The molecule has 1 aliphatic rings. The maximum atomic E-state index is 12.4. The lowest BCUT2D eigenvalue weighted by molar-refractivity contribution is 0.0952. The Morgan fingerprint density at radius 1 is 1.52 bits per heavy atom. The SMILES string of the molecule is Cc1ccc2sc(C(=O)NCC3CCN(C)C3)c(N)c2c1. The van der Waals surface area contributed by atoms with Gasteiger partial charge in [-0.3, -0.25) is 4.79 Å². The predicted octanol–water partition coefficient (Wildman–Crippen LogP) is 2.47. The Morgan fingerprint density at radius 2 is 2.33 bits per heavy atom. The van der Waals surface area contributed by atoms with Crippen LogP contribution in [0.3, 0.4) is 0 Å². The predicted molar refractivity (Wildman–Crippen MR) is 88.9 cm³/mol. The number of hydrogen-bond acceptors (Lipinski definition) is 4. The molecule has 0 spiro atoms. The lowest BCUT2D eigenvalue weighted by Crippen LogP contribution is -2.30. The Balaban J connectivity index is 1.74. The number of carbonyl (C=O) groups is 1. The van der Waals surface area contributed by atoms with Crippen molar-refractivity contribution in [3.8, 4) is 0 Å². The van der Waals surface area contributed by atoms with Crippen LogP contribution in [0.4, 0.5) is 5.69 Å². The molecule has 0 saturated carbocycles. The Labute approximate surface area is 128 Å². The van der Waals surface area contributed by atoms with Gasteiger partial charge in [0.2, 0.25) is 0 Å². The van der Waals surface area contributed by atoms with Crippen LogP contribution in [-0.4, -0.2) is 37.5 Å². The van der Waals surface area contributed by atoms with Gasteiger partial charge in [0, 0.05) is 23.2 Å². The molecule has 5 heteroatoms. The van der Waals surface area contributed by atoms with Crippen molar-refractivity contribution >= 4 is 33.0 Å². The fraction of sp³-hybridized carbons (Fsp3) is 0.438. The normalized spacial score (nSPS) is 19.2. The van der Waals surface area contributed by atoms with Crippen molar-refractivity contribution < 1.29 is 4.79 Å². The molecule has 2 aromatic rings. The standard InChI is InChI=1S/C16H21N3OS/c1-10-3-4-13-12(7-10)14(17)15(21-13)16(20)18-8-11-5-6-19(2)9-11/h3-4,7,11H,5-6,8-9,17H2,1-2H3,(H,18,20). The minimum atomic E-state index is -0.0408. The minimum Gasteiger partial charge on any atom is -0.397 e. The first-order valence-electron chi connectivity index (χ1n) is 7.30. The van der Waals surface area contributed by atoms with E-state index in [-0.39, 0.29) is 5.91 Å². The van der Waals surface area contributed by atoms with Crippen LogP contribution < -0.4 is 11.1 Å². The van der Waals surface area contributed by atoms with Gasteiger partial charge in [0.1, 0.15) is 4.88 Å². The highest BCUT2D eigenvalue weighted by Gasteiger charge is 2.21. The third-order valence-electron chi connectivity index (χ3n) is 4.13. The highest BCUT2D eigenvalue weighted by atomic mass is 32.1. The van der Waals surface area contributed by atoms with E-state index >= 15 is 0 Å². The molecule has 4 nitrogen and oxygen atoms in total. The van der Waals surface area contributed by atoms with Gasteiger partial charge in [-0.05, 0) is 45.0 Å². The number of rotatable bonds is 3. The van der Waals surface area contributed by atoms with Gasteiger partial charge >= 0.3 is 0 Å². The van der Waals surface area contributed by atoms with Gasteiger partial charge in [-0.25, -0.2) is 0 Å². The van der Waals surface area contributed by atoms with E-state index in [0.717, 1.165) is 41.7 Å². The summed E-state index contributed by atoms with van der Waals surface area (Å²) in [6.07, 6.45) is 1.15. The Morgan fingerprint density at radius 3 is 3.05 bits per heavy atom. The number of benzene rings is 1. The molecule has 0 aliphatic carbocycles. The van der Waals surface area contributed by atoms with Crippen molar-refractivity contribution in [2.24, 2.45) is 5.92 Å². The molecular weight excluding hydrogens is 282 g/mol. The van der Waals surface area contributed by atoms with Gasteiger partial charge in [0.25, 0.3) is 5.91 Å². The Kier molecular flexibility index (Phi) is 3.87. The van der Waals surface area contributed by atoms with Crippen LogP contribution in [0.15, 0.2) is 18.2 Å². The van der Waals surface area contributed by atoms with Gasteiger partial charge in [-0.2, -0.15) is 0 Å². The van der Waals surface area contributed by atoms with Crippen molar-refractivity contribution in [1.29, 1.82) is 0 Å². The van der Waals surface area contributed by atoms with E-state index in [4.69, 9.17) is 5.73 Å². The van der Waals surface area contributed by atoms with Crippen LogP contribution in [0.2, 0.25) is 0 Å². The second-order valence-corrected chi connectivity index (χ2v) is 7.02. The highest BCUT2D eigenvalue weighted by Crippen LogP contribution is 2.34. The number of amides is 1. The summed E-state index contributed by atoms with van der Waals surface area (Å²) in [7, 11) is 2.12. The van der Waals surface area contributed by atoms with Gasteiger partial charge in [0.05, 0.1) is 5.69 Å². The number of carbonyl (C=O) groups excluding carboxylic acids is 1. The molecule has 1 fully saturated rings. The minimum absolute atomic E-state index is 0.0408. The zero-order valence-electron chi connectivity index (χ0n) is 12.5. The quantitative estimate of drug-likeness (QED) is 0.916. The molecule has 1 amide bonds. The van der Waals surface area contributed by atoms with E-state index in [1.165, 1.54) is 11.3 Å². The van der Waals surface area contributed by atoms with Crippen molar-refractivity contribution in [3.63, 3.8) is 0 Å². The molecule has 3 N–H and O–H groups in total. The molecule has 1 unspecified atom stereocenters. The van der Waals surface area contributed by atoms with Crippen LogP contribution in [0, 0.1) is 12.8 Å². The van der Waals surface area contributed by atoms with E-state index in [1.54, 1.807) is 0 Å². The lowest BCUT2D eigenvalue weighted by Gasteiger charge is -2.11. The number of nitrogen functional groups attached to an aromatic ring is 1. The number of nitrogens with zero attached hydrogens (tertiary/aromatic N) is 1. The average Bonchev–Trinajstić information content (AvgIpc) is 3.01. The van der Waals surface area contributed by atoms with Crippen molar-refractivity contribution in [2.45, 2.75) is 13.3 Å². The summed E-state index contributed by atoms with van der Waals surface area (Å²) in [4.78, 5) is 15.3. The summed E-state index contributed by atoms with van der Waals surface area (Å²) >= 11 is 1.48. The summed E-state index contributed by atoms with van der Waals surface area (Å²) in [5.74, 6) is 0.512. The van der Waals surface area contributed by atoms with E-state index in [1.807, 2.05) is 25.1 Å². The lowest BCUT2D eigenvalue weighted by atomic mass is 10.1. The number of anilines is 1. The molecule has 3 rings (SSSR count). The molecule has 0 bridgehead atoms. The fourth-order valence-corrected chi connectivity index (χ4v) is 3.93. The van der Waals surface area contributed by atoms with Gasteiger partial charge in [-0.1, -0.05) is 11.6 Å². The van der Waals surface area contributed by atoms with Crippen molar-refractivity contribution in [1.82, 2.24) is 10.2 Å². The smallest absolute Gasteiger partial charge is 0.263 e. The van der Waals surface area contributed by atoms with E-state index in [0.29, 0.717) is 16.5 Å². The number of nitrogens with two attached hydrogens (primary N) is 1. The fourth-order valence-electron chi connectivity index (χ4n) is 2.91. The van der Waals surface area contributed by atoms with Crippen LogP contribution in [0.25, 0.3) is 10.1 Å². The summed E-state index contributed by atoms with van der Waals surface area (Å²) in [6.45, 7) is 4.94. The number of nitrogens with one attached hydrogen (secondary N) is 1. The Hall–Kier alpha value is -1.59. The van der Waals surface area contributed by atoms with Crippen LogP contribution in [0.5, 0.6) is 0 Å². The maximum absolute atomic E-state index is 12.4. The second kappa shape index (κ2) is 5.66. The summed E-state index contributed by atoms with van der Waals surface area (Å²) in [5.41, 5.74) is 7.93. The van der Waals surface area contributed by atoms with Gasteiger partial charge < -0.3 is 16.0 Å².